The summed E-state index contributed by atoms with van der Waals surface area (Å²) in [7, 11) is 1.70. The van der Waals surface area contributed by atoms with E-state index in [-0.39, 0.29) is 11.9 Å². The SMILES string of the molecule is CNC(Cc1ccccc1F)c1ccc(C(F)(F)F)cc1. The average molecular weight is 297 g/mol. The molecule has 112 valence electrons. The lowest BCUT2D eigenvalue weighted by Crippen LogP contribution is -2.19. The van der Waals surface area contributed by atoms with Gasteiger partial charge in [0.05, 0.1) is 5.56 Å². The van der Waals surface area contributed by atoms with Crippen LogP contribution in [0.25, 0.3) is 0 Å². The van der Waals surface area contributed by atoms with Gasteiger partial charge in [-0.3, -0.25) is 0 Å². The minimum Gasteiger partial charge on any atom is -0.313 e. The molecule has 2 aromatic carbocycles. The highest BCUT2D eigenvalue weighted by atomic mass is 19.4. The lowest BCUT2D eigenvalue weighted by atomic mass is 9.97. The Hall–Kier alpha value is -1.88. The van der Waals surface area contributed by atoms with Crippen LogP contribution in [0.4, 0.5) is 17.6 Å². The molecule has 0 radical (unpaired) electrons. The topological polar surface area (TPSA) is 12.0 Å². The molecule has 0 fully saturated rings. The summed E-state index contributed by atoms with van der Waals surface area (Å²) in [5.41, 5.74) is 0.525. The molecule has 1 nitrogen and oxygen atoms in total. The van der Waals surface area contributed by atoms with E-state index >= 15 is 0 Å². The predicted octanol–water partition coefficient (Wildman–Crippen LogP) is 4.35. The molecule has 1 atom stereocenters. The van der Waals surface area contributed by atoms with E-state index < -0.39 is 11.7 Å². The molecule has 1 unspecified atom stereocenters. The highest BCUT2D eigenvalue weighted by Crippen LogP contribution is 2.30. The van der Waals surface area contributed by atoms with Gasteiger partial charge in [0.1, 0.15) is 5.82 Å². The molecular weight excluding hydrogens is 282 g/mol. The zero-order valence-electron chi connectivity index (χ0n) is 11.4. The van der Waals surface area contributed by atoms with Crippen LogP contribution in [0.2, 0.25) is 0 Å². The van der Waals surface area contributed by atoms with Crippen molar-refractivity contribution >= 4 is 0 Å². The first-order chi connectivity index (χ1) is 9.91. The molecule has 21 heavy (non-hydrogen) atoms. The fourth-order valence-electron chi connectivity index (χ4n) is 2.17. The number of halogens is 4. The summed E-state index contributed by atoms with van der Waals surface area (Å²) in [6, 6.07) is 11.1. The second-order valence-corrected chi connectivity index (χ2v) is 4.76. The average Bonchev–Trinajstić information content (AvgIpc) is 2.46. The van der Waals surface area contributed by atoms with Crippen LogP contribution in [0.15, 0.2) is 48.5 Å². The first-order valence-electron chi connectivity index (χ1n) is 6.49. The Kier molecular flexibility index (Phi) is 4.63. The summed E-state index contributed by atoms with van der Waals surface area (Å²) < 4.78 is 51.3. The Bertz CT molecular complexity index is 590. The lowest BCUT2D eigenvalue weighted by Gasteiger charge is -2.18. The van der Waals surface area contributed by atoms with Gasteiger partial charge in [0.2, 0.25) is 0 Å². The largest absolute Gasteiger partial charge is 0.416 e. The van der Waals surface area contributed by atoms with Gasteiger partial charge in [-0.15, -0.1) is 0 Å². The smallest absolute Gasteiger partial charge is 0.313 e. The van der Waals surface area contributed by atoms with Crippen molar-refractivity contribution in [3.05, 3.63) is 71.0 Å². The summed E-state index contributed by atoms with van der Waals surface area (Å²) in [6.07, 6.45) is -3.98. The molecule has 2 rings (SSSR count). The van der Waals surface area contributed by atoms with Crippen molar-refractivity contribution in [2.45, 2.75) is 18.6 Å². The van der Waals surface area contributed by atoms with Crippen molar-refractivity contribution in [1.82, 2.24) is 5.32 Å². The minimum absolute atomic E-state index is 0.246. The third-order valence-corrected chi connectivity index (χ3v) is 3.37. The molecule has 5 heteroatoms. The highest BCUT2D eigenvalue weighted by molar-refractivity contribution is 5.29. The first kappa shape index (κ1) is 15.5. The number of likely N-dealkylation sites (N-methyl/N-ethyl adjacent to an activating group) is 1. The number of benzene rings is 2. The van der Waals surface area contributed by atoms with E-state index in [1.807, 2.05) is 0 Å². The zero-order valence-corrected chi connectivity index (χ0v) is 11.4. The number of hydrogen-bond acceptors (Lipinski definition) is 1. The van der Waals surface area contributed by atoms with Gasteiger partial charge >= 0.3 is 6.18 Å². The molecule has 0 saturated carbocycles. The van der Waals surface area contributed by atoms with E-state index in [1.54, 1.807) is 25.2 Å². The molecule has 0 aliphatic heterocycles. The molecule has 1 N–H and O–H groups in total. The Balaban J connectivity index is 2.20. The maximum Gasteiger partial charge on any atom is 0.416 e. The summed E-state index contributed by atoms with van der Waals surface area (Å²) in [6.45, 7) is 0. The number of alkyl halides is 3. The van der Waals surface area contributed by atoms with Gasteiger partial charge in [-0.05, 0) is 42.8 Å². The van der Waals surface area contributed by atoms with Crippen LogP contribution in [0.5, 0.6) is 0 Å². The molecule has 0 heterocycles. The Morgan fingerprint density at radius 1 is 1.00 bits per heavy atom. The maximum atomic E-state index is 13.6. The van der Waals surface area contributed by atoms with Gasteiger partial charge in [-0.2, -0.15) is 13.2 Å². The van der Waals surface area contributed by atoms with Crippen molar-refractivity contribution in [3.63, 3.8) is 0 Å². The zero-order chi connectivity index (χ0) is 15.5. The van der Waals surface area contributed by atoms with E-state index in [0.29, 0.717) is 17.5 Å². The van der Waals surface area contributed by atoms with Crippen molar-refractivity contribution in [2.75, 3.05) is 7.05 Å². The fourth-order valence-corrected chi connectivity index (χ4v) is 2.17. The predicted molar refractivity (Wildman–Crippen MR) is 73.3 cm³/mol. The molecule has 0 bridgehead atoms. The van der Waals surface area contributed by atoms with Gasteiger partial charge in [0.25, 0.3) is 0 Å². The van der Waals surface area contributed by atoms with Crippen LogP contribution in [0, 0.1) is 5.82 Å². The molecule has 0 aliphatic rings. The second kappa shape index (κ2) is 6.26. The summed E-state index contributed by atoms with van der Waals surface area (Å²) in [4.78, 5) is 0. The van der Waals surface area contributed by atoms with E-state index in [0.717, 1.165) is 12.1 Å². The van der Waals surface area contributed by atoms with Crippen LogP contribution in [0.3, 0.4) is 0 Å². The molecule has 0 spiro atoms. The van der Waals surface area contributed by atoms with Crippen molar-refractivity contribution in [2.24, 2.45) is 0 Å². The van der Waals surface area contributed by atoms with Crippen LogP contribution in [-0.2, 0) is 12.6 Å². The van der Waals surface area contributed by atoms with Crippen LogP contribution in [0.1, 0.15) is 22.7 Å². The fraction of sp³-hybridized carbons (Fsp3) is 0.250. The van der Waals surface area contributed by atoms with Crippen molar-refractivity contribution in [1.29, 1.82) is 0 Å². The number of rotatable bonds is 4. The van der Waals surface area contributed by atoms with E-state index in [2.05, 4.69) is 5.32 Å². The van der Waals surface area contributed by atoms with Crippen LogP contribution >= 0.6 is 0 Å². The number of hydrogen-bond donors (Lipinski definition) is 1. The molecular formula is C16H15F4N. The summed E-state index contributed by atoms with van der Waals surface area (Å²) >= 11 is 0. The Labute approximate surface area is 120 Å². The summed E-state index contributed by atoms with van der Waals surface area (Å²) in [5, 5.41) is 3.00. The van der Waals surface area contributed by atoms with Gasteiger partial charge in [0.15, 0.2) is 0 Å². The van der Waals surface area contributed by atoms with Gasteiger partial charge in [-0.1, -0.05) is 30.3 Å². The lowest BCUT2D eigenvalue weighted by molar-refractivity contribution is -0.137. The van der Waals surface area contributed by atoms with Crippen molar-refractivity contribution < 1.29 is 17.6 Å². The Morgan fingerprint density at radius 2 is 1.62 bits per heavy atom. The maximum absolute atomic E-state index is 13.6. The Morgan fingerprint density at radius 3 is 2.14 bits per heavy atom. The van der Waals surface area contributed by atoms with Gasteiger partial charge in [0, 0.05) is 6.04 Å². The normalized spacial score (nSPS) is 13.2. The summed E-state index contributed by atoms with van der Waals surface area (Å²) in [5.74, 6) is -0.315. The first-order valence-corrected chi connectivity index (χ1v) is 6.49. The van der Waals surface area contributed by atoms with Crippen LogP contribution in [-0.4, -0.2) is 7.05 Å². The van der Waals surface area contributed by atoms with E-state index in [1.165, 1.54) is 18.2 Å². The van der Waals surface area contributed by atoms with Crippen molar-refractivity contribution in [3.8, 4) is 0 Å². The second-order valence-electron chi connectivity index (χ2n) is 4.76. The van der Waals surface area contributed by atoms with Gasteiger partial charge in [-0.25, -0.2) is 4.39 Å². The van der Waals surface area contributed by atoms with E-state index in [9.17, 15) is 17.6 Å². The number of nitrogens with one attached hydrogen (secondary N) is 1. The van der Waals surface area contributed by atoms with Crippen LogP contribution < -0.4 is 5.32 Å². The quantitative estimate of drug-likeness (QED) is 0.827. The molecule has 2 aromatic rings. The monoisotopic (exact) mass is 297 g/mol. The molecule has 0 aliphatic carbocycles. The highest BCUT2D eigenvalue weighted by Gasteiger charge is 2.30. The third-order valence-electron chi connectivity index (χ3n) is 3.37. The molecule has 0 amide bonds. The van der Waals surface area contributed by atoms with E-state index in [4.69, 9.17) is 0 Å². The standard InChI is InChI=1S/C16H15F4N/c1-21-15(10-12-4-2-3-5-14(12)17)11-6-8-13(9-7-11)16(18,19)20/h2-9,15,21H,10H2,1H3. The molecule has 0 saturated heterocycles. The minimum atomic E-state index is -4.35. The molecule has 0 aromatic heterocycles. The van der Waals surface area contributed by atoms with Gasteiger partial charge < -0.3 is 5.32 Å². The third kappa shape index (κ3) is 3.82.